The Kier molecular flexibility index (Phi) is 4.21. The van der Waals surface area contributed by atoms with Gasteiger partial charge in [0.2, 0.25) is 0 Å². The fourth-order valence-corrected chi connectivity index (χ4v) is 2.05. The van der Waals surface area contributed by atoms with Crippen LogP contribution in [0, 0.1) is 0 Å². The molecule has 1 aromatic rings. The molecular formula is C13H17N3O2S. The van der Waals surface area contributed by atoms with Crippen LogP contribution in [0.15, 0.2) is 17.2 Å². The SMILES string of the molecule is CCOc1cc2c(cc1C=NNC(N)=S)OC(C)C2. The van der Waals surface area contributed by atoms with Crippen molar-refractivity contribution in [1.82, 2.24) is 5.43 Å². The van der Waals surface area contributed by atoms with Crippen molar-refractivity contribution < 1.29 is 9.47 Å². The lowest BCUT2D eigenvalue weighted by atomic mass is 10.1. The Morgan fingerprint density at radius 3 is 3.16 bits per heavy atom. The molecule has 6 heteroatoms. The molecule has 0 fully saturated rings. The molecular weight excluding hydrogens is 262 g/mol. The normalized spacial score (nSPS) is 17.1. The van der Waals surface area contributed by atoms with Gasteiger partial charge in [-0.15, -0.1) is 0 Å². The third-order valence-electron chi connectivity index (χ3n) is 2.71. The van der Waals surface area contributed by atoms with E-state index in [-0.39, 0.29) is 11.2 Å². The van der Waals surface area contributed by atoms with Crippen molar-refractivity contribution in [3.05, 3.63) is 23.3 Å². The molecule has 0 saturated heterocycles. The highest BCUT2D eigenvalue weighted by molar-refractivity contribution is 7.80. The molecule has 1 aliphatic heterocycles. The summed E-state index contributed by atoms with van der Waals surface area (Å²) >= 11 is 4.69. The van der Waals surface area contributed by atoms with Crippen molar-refractivity contribution in [2.24, 2.45) is 10.8 Å². The maximum Gasteiger partial charge on any atom is 0.184 e. The maximum atomic E-state index is 5.72. The topological polar surface area (TPSA) is 68.9 Å². The van der Waals surface area contributed by atoms with Crippen LogP contribution in [0.25, 0.3) is 0 Å². The average molecular weight is 279 g/mol. The van der Waals surface area contributed by atoms with Gasteiger partial charge in [-0.2, -0.15) is 5.10 Å². The van der Waals surface area contributed by atoms with E-state index in [1.54, 1.807) is 6.21 Å². The summed E-state index contributed by atoms with van der Waals surface area (Å²) in [4.78, 5) is 0. The van der Waals surface area contributed by atoms with Gasteiger partial charge in [0.05, 0.1) is 12.8 Å². The molecule has 2 rings (SSSR count). The van der Waals surface area contributed by atoms with Crippen LogP contribution in [0.2, 0.25) is 0 Å². The average Bonchev–Trinajstić information content (AvgIpc) is 2.68. The molecule has 1 aromatic carbocycles. The molecule has 1 unspecified atom stereocenters. The Hall–Kier alpha value is -1.82. The second-order valence-electron chi connectivity index (χ2n) is 4.30. The van der Waals surface area contributed by atoms with Gasteiger partial charge in [-0.25, -0.2) is 0 Å². The minimum atomic E-state index is 0.125. The van der Waals surface area contributed by atoms with Gasteiger partial charge in [-0.3, -0.25) is 5.43 Å². The number of rotatable bonds is 4. The number of fused-ring (bicyclic) bond motifs is 1. The molecule has 0 saturated carbocycles. The summed E-state index contributed by atoms with van der Waals surface area (Å²) in [5.41, 5.74) is 9.83. The van der Waals surface area contributed by atoms with Crippen LogP contribution in [0.5, 0.6) is 11.5 Å². The van der Waals surface area contributed by atoms with Gasteiger partial charge in [-0.05, 0) is 38.2 Å². The predicted octanol–water partition coefficient (Wildman–Crippen LogP) is 1.58. The van der Waals surface area contributed by atoms with E-state index in [2.05, 4.69) is 22.7 Å². The molecule has 0 bridgehead atoms. The Bertz CT molecular complexity index is 517. The van der Waals surface area contributed by atoms with Gasteiger partial charge in [0.1, 0.15) is 17.6 Å². The van der Waals surface area contributed by atoms with Crippen molar-refractivity contribution in [3.63, 3.8) is 0 Å². The van der Waals surface area contributed by atoms with E-state index >= 15 is 0 Å². The van der Waals surface area contributed by atoms with E-state index in [1.807, 2.05) is 26.0 Å². The first-order valence-electron chi connectivity index (χ1n) is 6.15. The van der Waals surface area contributed by atoms with Crippen LogP contribution in [0.3, 0.4) is 0 Å². The first kappa shape index (κ1) is 13.6. The minimum Gasteiger partial charge on any atom is -0.493 e. The Balaban J connectivity index is 2.28. The van der Waals surface area contributed by atoms with Crippen molar-refractivity contribution >= 4 is 23.5 Å². The largest absolute Gasteiger partial charge is 0.493 e. The number of thiocarbonyl (C=S) groups is 1. The molecule has 0 aliphatic carbocycles. The molecule has 0 spiro atoms. The van der Waals surface area contributed by atoms with Crippen molar-refractivity contribution in [2.45, 2.75) is 26.4 Å². The number of benzene rings is 1. The van der Waals surface area contributed by atoms with E-state index in [1.165, 1.54) is 0 Å². The summed E-state index contributed by atoms with van der Waals surface area (Å²) in [6.07, 6.45) is 2.72. The van der Waals surface area contributed by atoms with Crippen molar-refractivity contribution in [2.75, 3.05) is 6.61 Å². The van der Waals surface area contributed by atoms with Gasteiger partial charge < -0.3 is 15.2 Å². The number of hydrogen-bond acceptors (Lipinski definition) is 4. The second-order valence-corrected chi connectivity index (χ2v) is 4.74. The highest BCUT2D eigenvalue weighted by Crippen LogP contribution is 2.34. The number of ether oxygens (including phenoxy) is 2. The quantitative estimate of drug-likeness (QED) is 0.497. The number of hydrazone groups is 1. The van der Waals surface area contributed by atoms with E-state index < -0.39 is 0 Å². The molecule has 1 heterocycles. The molecule has 0 aromatic heterocycles. The number of nitrogens with two attached hydrogens (primary N) is 1. The number of nitrogens with zero attached hydrogens (tertiary/aromatic N) is 1. The Labute approximate surface area is 117 Å². The summed E-state index contributed by atoms with van der Waals surface area (Å²) in [7, 11) is 0. The first-order chi connectivity index (χ1) is 9.10. The molecule has 0 amide bonds. The molecule has 102 valence electrons. The molecule has 0 radical (unpaired) electrons. The van der Waals surface area contributed by atoms with E-state index in [9.17, 15) is 0 Å². The third-order valence-corrected chi connectivity index (χ3v) is 2.80. The van der Waals surface area contributed by atoms with Gasteiger partial charge in [0.25, 0.3) is 0 Å². The minimum absolute atomic E-state index is 0.125. The summed E-state index contributed by atoms with van der Waals surface area (Å²) < 4.78 is 11.3. The maximum absolute atomic E-state index is 5.72. The molecule has 5 nitrogen and oxygen atoms in total. The molecule has 1 atom stereocenters. The van der Waals surface area contributed by atoms with E-state index in [0.717, 1.165) is 29.0 Å². The van der Waals surface area contributed by atoms with Crippen molar-refractivity contribution in [3.8, 4) is 11.5 Å². The van der Waals surface area contributed by atoms with Crippen LogP contribution in [-0.4, -0.2) is 24.0 Å². The second kappa shape index (κ2) is 5.88. The summed E-state index contributed by atoms with van der Waals surface area (Å²) in [5, 5.41) is 4.08. The predicted molar refractivity (Wildman–Crippen MR) is 78.9 cm³/mol. The lowest BCUT2D eigenvalue weighted by Crippen LogP contribution is -2.24. The van der Waals surface area contributed by atoms with Gasteiger partial charge >= 0.3 is 0 Å². The molecule has 1 aliphatic rings. The van der Waals surface area contributed by atoms with Crippen LogP contribution in [0.4, 0.5) is 0 Å². The smallest absolute Gasteiger partial charge is 0.184 e. The zero-order valence-corrected chi connectivity index (χ0v) is 11.8. The lowest BCUT2D eigenvalue weighted by Gasteiger charge is -2.09. The van der Waals surface area contributed by atoms with E-state index in [0.29, 0.717) is 6.61 Å². The summed E-state index contributed by atoms with van der Waals surface area (Å²) in [6.45, 7) is 4.59. The highest BCUT2D eigenvalue weighted by atomic mass is 32.1. The fourth-order valence-electron chi connectivity index (χ4n) is 2.00. The monoisotopic (exact) mass is 279 g/mol. The van der Waals surface area contributed by atoms with Crippen LogP contribution >= 0.6 is 12.2 Å². The van der Waals surface area contributed by atoms with Crippen LogP contribution < -0.4 is 20.6 Å². The molecule has 19 heavy (non-hydrogen) atoms. The highest BCUT2D eigenvalue weighted by Gasteiger charge is 2.21. The van der Waals surface area contributed by atoms with Gasteiger partial charge in [-0.1, -0.05) is 0 Å². The lowest BCUT2D eigenvalue weighted by molar-refractivity contribution is 0.254. The summed E-state index contributed by atoms with van der Waals surface area (Å²) in [6, 6.07) is 3.93. The van der Waals surface area contributed by atoms with Crippen LogP contribution in [0.1, 0.15) is 25.0 Å². The van der Waals surface area contributed by atoms with Crippen molar-refractivity contribution in [1.29, 1.82) is 0 Å². The third kappa shape index (κ3) is 3.35. The zero-order valence-electron chi connectivity index (χ0n) is 11.0. The fraction of sp³-hybridized carbons (Fsp3) is 0.385. The Morgan fingerprint density at radius 1 is 1.68 bits per heavy atom. The van der Waals surface area contributed by atoms with Gasteiger partial charge in [0.15, 0.2) is 5.11 Å². The Morgan fingerprint density at radius 2 is 2.47 bits per heavy atom. The molecule has 3 N–H and O–H groups in total. The zero-order chi connectivity index (χ0) is 13.8. The number of nitrogens with one attached hydrogen (secondary N) is 1. The van der Waals surface area contributed by atoms with Crippen LogP contribution in [-0.2, 0) is 6.42 Å². The van der Waals surface area contributed by atoms with Gasteiger partial charge in [0, 0.05) is 17.5 Å². The standard InChI is InChI=1S/C13H17N3O2S/c1-3-17-11-5-9-4-8(2)18-12(9)6-10(11)7-15-16-13(14)19/h5-8H,3-4H2,1-2H3,(H3,14,16,19). The number of hydrogen-bond donors (Lipinski definition) is 2. The summed E-state index contributed by atoms with van der Waals surface area (Å²) in [5.74, 6) is 1.67. The van der Waals surface area contributed by atoms with E-state index in [4.69, 9.17) is 15.2 Å². The first-order valence-corrected chi connectivity index (χ1v) is 6.56.